The largest absolute Gasteiger partial charge is 0.430 e. The molecule has 1 amide bonds. The molecule has 4 rings (SSSR count). The second-order valence-corrected chi connectivity index (χ2v) is 11.6. The topological polar surface area (TPSA) is 98.2 Å². The van der Waals surface area contributed by atoms with Gasteiger partial charge in [-0.1, -0.05) is 12.1 Å². The molecule has 220 valence electrons. The minimum absolute atomic E-state index is 0.156. The second-order valence-electron chi connectivity index (χ2n) is 9.77. The molecule has 2 aliphatic rings. The van der Waals surface area contributed by atoms with Gasteiger partial charge in [-0.25, -0.2) is 12.8 Å². The van der Waals surface area contributed by atoms with E-state index in [1.54, 1.807) is 0 Å². The normalized spacial score (nSPS) is 20.5. The molecule has 0 spiro atoms. The first-order valence-electron chi connectivity index (χ1n) is 12.2. The summed E-state index contributed by atoms with van der Waals surface area (Å²) < 4.78 is 123. The van der Waals surface area contributed by atoms with Crippen LogP contribution in [-0.4, -0.2) is 67.0 Å². The van der Waals surface area contributed by atoms with Crippen LogP contribution in [0.2, 0.25) is 0 Å². The van der Waals surface area contributed by atoms with E-state index in [1.165, 1.54) is 4.90 Å². The van der Waals surface area contributed by atoms with Gasteiger partial charge in [0.05, 0.1) is 29.3 Å². The van der Waals surface area contributed by atoms with Gasteiger partial charge in [-0.05, 0) is 61.6 Å². The van der Waals surface area contributed by atoms with E-state index in [-0.39, 0.29) is 37.1 Å². The number of carbonyl (C=O) groups is 1. The maximum atomic E-state index is 13.7. The zero-order valence-electron chi connectivity index (χ0n) is 20.7. The Morgan fingerprint density at radius 3 is 2.15 bits per heavy atom. The maximum Gasteiger partial charge on any atom is 0.430 e. The van der Waals surface area contributed by atoms with Crippen LogP contribution >= 0.6 is 0 Å². The van der Waals surface area contributed by atoms with Crippen molar-refractivity contribution in [2.75, 3.05) is 17.5 Å². The average molecular weight is 599 g/mol. The van der Waals surface area contributed by atoms with E-state index in [1.807, 2.05) is 0 Å². The lowest BCUT2D eigenvalue weighted by Crippen LogP contribution is -2.54. The van der Waals surface area contributed by atoms with Crippen molar-refractivity contribution >= 4 is 21.6 Å². The van der Waals surface area contributed by atoms with Gasteiger partial charge in [0, 0.05) is 18.5 Å². The molecule has 2 atom stereocenters. The molecule has 2 aliphatic heterocycles. The molecule has 40 heavy (non-hydrogen) atoms. The van der Waals surface area contributed by atoms with Crippen LogP contribution in [-0.2, 0) is 26.8 Å². The van der Waals surface area contributed by atoms with E-state index in [0.29, 0.717) is 31.5 Å². The van der Waals surface area contributed by atoms with Crippen molar-refractivity contribution in [2.24, 2.45) is 0 Å². The Morgan fingerprint density at radius 1 is 0.950 bits per heavy atom. The number of rotatable bonds is 6. The number of anilines is 1. The van der Waals surface area contributed by atoms with E-state index >= 15 is 0 Å². The number of halogens is 7. The number of fused-ring (bicyclic) bond motifs is 1. The standard InChI is InChI=1S/C25H25F7N2O5S/c26-17-5-8-20(9-6-17)40(38,39)34-18(13-22(36)33-11-1-2-19(33)14-35)7-3-15-12-16(4-10-21(15)34)23(37,24(27,28)29)25(30,31)32/h4-6,8-10,12,18-19,35,37H,1-3,7,11,13-14H2/t18-,19-/m0/s1. The molecule has 0 bridgehead atoms. The Bertz CT molecular complexity index is 1350. The molecule has 2 aromatic rings. The Hall–Kier alpha value is -2.91. The second kappa shape index (κ2) is 10.5. The highest BCUT2D eigenvalue weighted by Gasteiger charge is 2.71. The average Bonchev–Trinajstić information content (AvgIpc) is 3.36. The fourth-order valence-corrected chi connectivity index (χ4v) is 6.97. The number of sulfonamides is 1. The van der Waals surface area contributed by atoms with Gasteiger partial charge < -0.3 is 15.1 Å². The van der Waals surface area contributed by atoms with Gasteiger partial charge in [-0.15, -0.1) is 0 Å². The third kappa shape index (κ3) is 5.14. The molecule has 0 aromatic heterocycles. The van der Waals surface area contributed by atoms with Crippen molar-refractivity contribution in [1.29, 1.82) is 0 Å². The predicted molar refractivity (Wildman–Crippen MR) is 127 cm³/mol. The summed E-state index contributed by atoms with van der Waals surface area (Å²) in [6.45, 7) is 0.0236. The predicted octanol–water partition coefficient (Wildman–Crippen LogP) is 4.02. The van der Waals surface area contributed by atoms with Gasteiger partial charge in [0.1, 0.15) is 5.82 Å². The number of amides is 1. The van der Waals surface area contributed by atoms with E-state index in [9.17, 15) is 54.2 Å². The lowest BCUT2D eigenvalue weighted by Gasteiger charge is -2.39. The van der Waals surface area contributed by atoms with Crippen LogP contribution in [0.5, 0.6) is 0 Å². The van der Waals surface area contributed by atoms with E-state index < -0.39 is 62.2 Å². The van der Waals surface area contributed by atoms with Crippen molar-refractivity contribution < 1.29 is 54.2 Å². The van der Waals surface area contributed by atoms with Crippen molar-refractivity contribution in [1.82, 2.24) is 4.90 Å². The molecule has 1 saturated heterocycles. The molecule has 0 aliphatic carbocycles. The van der Waals surface area contributed by atoms with Gasteiger partial charge in [0.15, 0.2) is 0 Å². The zero-order valence-corrected chi connectivity index (χ0v) is 21.5. The quantitative estimate of drug-likeness (QED) is 0.490. The van der Waals surface area contributed by atoms with Crippen LogP contribution < -0.4 is 4.31 Å². The Labute approximate surface area is 224 Å². The van der Waals surface area contributed by atoms with Crippen LogP contribution in [0.15, 0.2) is 47.4 Å². The smallest absolute Gasteiger partial charge is 0.394 e. The highest BCUT2D eigenvalue weighted by atomic mass is 32.2. The maximum absolute atomic E-state index is 13.7. The van der Waals surface area contributed by atoms with Gasteiger partial charge in [0.2, 0.25) is 5.91 Å². The number of likely N-dealkylation sites (tertiary alicyclic amines) is 1. The molecular weight excluding hydrogens is 573 g/mol. The summed E-state index contributed by atoms with van der Waals surface area (Å²) >= 11 is 0. The fourth-order valence-electron chi connectivity index (χ4n) is 5.25. The third-order valence-corrected chi connectivity index (χ3v) is 9.20. The number of aliphatic hydroxyl groups excluding tert-OH is 1. The third-order valence-electron chi connectivity index (χ3n) is 7.32. The van der Waals surface area contributed by atoms with Gasteiger partial charge in [-0.2, -0.15) is 26.3 Å². The van der Waals surface area contributed by atoms with Gasteiger partial charge in [0.25, 0.3) is 15.6 Å². The molecule has 1 fully saturated rings. The van der Waals surface area contributed by atoms with Crippen LogP contribution in [0, 0.1) is 5.82 Å². The summed E-state index contributed by atoms with van der Waals surface area (Å²) in [7, 11) is -4.60. The number of benzene rings is 2. The number of alkyl halides is 6. The van der Waals surface area contributed by atoms with Crippen LogP contribution in [0.4, 0.5) is 36.4 Å². The molecule has 15 heteroatoms. The molecule has 0 unspecified atom stereocenters. The van der Waals surface area contributed by atoms with Crippen LogP contribution in [0.1, 0.15) is 36.8 Å². The van der Waals surface area contributed by atoms with Crippen molar-refractivity contribution in [2.45, 2.75) is 67.0 Å². The highest BCUT2D eigenvalue weighted by Crippen LogP contribution is 2.51. The van der Waals surface area contributed by atoms with Crippen LogP contribution in [0.3, 0.4) is 0 Å². The van der Waals surface area contributed by atoms with E-state index in [2.05, 4.69) is 0 Å². The molecule has 2 aromatic carbocycles. The van der Waals surface area contributed by atoms with Crippen molar-refractivity contribution in [3.05, 3.63) is 59.4 Å². The molecule has 0 radical (unpaired) electrons. The lowest BCUT2D eigenvalue weighted by molar-refractivity contribution is -0.376. The zero-order chi connectivity index (χ0) is 29.7. The number of hydrogen-bond acceptors (Lipinski definition) is 5. The van der Waals surface area contributed by atoms with E-state index in [4.69, 9.17) is 0 Å². The molecular formula is C25H25F7N2O5S. The first-order chi connectivity index (χ1) is 18.5. The molecule has 0 saturated carbocycles. The number of hydrogen-bond donors (Lipinski definition) is 2. The minimum atomic E-state index is -6.14. The Kier molecular flexibility index (Phi) is 7.88. The molecule has 7 nitrogen and oxygen atoms in total. The molecule has 2 heterocycles. The van der Waals surface area contributed by atoms with E-state index in [0.717, 1.165) is 34.6 Å². The first-order valence-corrected chi connectivity index (χ1v) is 13.7. The minimum Gasteiger partial charge on any atom is -0.394 e. The summed E-state index contributed by atoms with van der Waals surface area (Å²) in [5.74, 6) is -1.23. The summed E-state index contributed by atoms with van der Waals surface area (Å²) in [5.41, 5.74) is -7.25. The number of nitrogens with zero attached hydrogens (tertiary/aromatic N) is 2. The summed E-state index contributed by atoms with van der Waals surface area (Å²) in [6, 6.07) is 3.61. The van der Waals surface area contributed by atoms with Crippen LogP contribution in [0.25, 0.3) is 0 Å². The van der Waals surface area contributed by atoms with Crippen molar-refractivity contribution in [3.8, 4) is 0 Å². The fraction of sp³-hybridized carbons (Fsp3) is 0.480. The number of aryl methyl sites for hydroxylation is 1. The number of aliphatic hydroxyl groups is 2. The number of carbonyl (C=O) groups excluding carboxylic acids is 1. The van der Waals surface area contributed by atoms with Gasteiger partial charge >= 0.3 is 12.4 Å². The Morgan fingerprint density at radius 2 is 1.57 bits per heavy atom. The summed E-state index contributed by atoms with van der Waals surface area (Å²) in [6.07, 6.45) is -11.9. The van der Waals surface area contributed by atoms with Gasteiger partial charge in [-0.3, -0.25) is 9.10 Å². The SMILES string of the molecule is O=C(C[C@@H]1CCc2cc(C(O)(C(F)(F)F)C(F)(F)F)ccc2N1S(=O)(=O)c1ccc(F)cc1)N1CCC[C@H]1CO. The Balaban J connectivity index is 1.81. The van der Waals surface area contributed by atoms with Crippen molar-refractivity contribution in [3.63, 3.8) is 0 Å². The monoisotopic (exact) mass is 598 g/mol. The molecule has 2 N–H and O–H groups in total. The summed E-state index contributed by atoms with van der Waals surface area (Å²) in [5, 5.41) is 19.4. The highest BCUT2D eigenvalue weighted by molar-refractivity contribution is 7.92. The lowest BCUT2D eigenvalue weighted by atomic mass is 9.87. The first kappa shape index (κ1) is 30.1. The summed E-state index contributed by atoms with van der Waals surface area (Å²) in [4.78, 5) is 14.1.